The largest absolute Gasteiger partial charge is 0.393 e. The van der Waals surface area contributed by atoms with Crippen LogP contribution in [0.25, 0.3) is 0 Å². The second-order valence-corrected chi connectivity index (χ2v) is 5.43. The standard InChI is InChI=1S/C10H13ClO3.CH4O3S/c1-13-7-14-10(6-12)8-3-2-4-9(11)5-8;1-5(2,3)4/h2-5,10,12H,6-7H2,1H3;1H3,(H,2,3,4)/t10-;/m0./s1. The van der Waals surface area contributed by atoms with Gasteiger partial charge in [0, 0.05) is 12.1 Å². The first-order valence-electron chi connectivity index (χ1n) is 5.17. The summed E-state index contributed by atoms with van der Waals surface area (Å²) in [6, 6.07) is 7.20. The molecule has 1 aromatic carbocycles. The van der Waals surface area contributed by atoms with Gasteiger partial charge in [-0.15, -0.1) is 0 Å². The van der Waals surface area contributed by atoms with Crippen LogP contribution in [-0.2, 0) is 19.6 Å². The summed E-state index contributed by atoms with van der Waals surface area (Å²) in [5, 5.41) is 9.70. The number of methoxy groups -OCH3 is 1. The third-order valence-corrected chi connectivity index (χ3v) is 2.01. The van der Waals surface area contributed by atoms with Crippen LogP contribution in [0.3, 0.4) is 0 Å². The average Bonchev–Trinajstić information content (AvgIpc) is 2.28. The molecule has 19 heavy (non-hydrogen) atoms. The molecule has 0 saturated carbocycles. The van der Waals surface area contributed by atoms with Crippen molar-refractivity contribution in [3.8, 4) is 0 Å². The fraction of sp³-hybridized carbons (Fsp3) is 0.455. The lowest BCUT2D eigenvalue weighted by Crippen LogP contribution is -2.10. The summed E-state index contributed by atoms with van der Waals surface area (Å²) < 4.78 is 35.9. The van der Waals surface area contributed by atoms with Gasteiger partial charge in [0.2, 0.25) is 0 Å². The monoisotopic (exact) mass is 312 g/mol. The second-order valence-electron chi connectivity index (χ2n) is 3.53. The molecule has 0 heterocycles. The fourth-order valence-electron chi connectivity index (χ4n) is 1.11. The van der Waals surface area contributed by atoms with Crippen LogP contribution >= 0.6 is 11.6 Å². The summed E-state index contributed by atoms with van der Waals surface area (Å²) in [7, 11) is -2.13. The predicted molar refractivity (Wildman–Crippen MR) is 71.7 cm³/mol. The van der Waals surface area contributed by atoms with E-state index in [0.717, 1.165) is 5.56 Å². The quantitative estimate of drug-likeness (QED) is 0.632. The first-order chi connectivity index (χ1) is 8.77. The molecule has 0 aliphatic carbocycles. The van der Waals surface area contributed by atoms with Gasteiger partial charge in [-0.25, -0.2) is 0 Å². The number of hydrogen-bond acceptors (Lipinski definition) is 5. The number of hydrogen-bond donors (Lipinski definition) is 2. The molecular weight excluding hydrogens is 296 g/mol. The van der Waals surface area contributed by atoms with E-state index in [9.17, 15) is 8.42 Å². The summed E-state index contributed by atoms with van der Waals surface area (Å²) >= 11 is 5.81. The third-order valence-electron chi connectivity index (χ3n) is 1.77. The lowest BCUT2D eigenvalue weighted by molar-refractivity contribution is -0.0888. The first kappa shape index (κ1) is 18.3. The zero-order chi connectivity index (χ0) is 14.9. The van der Waals surface area contributed by atoms with Gasteiger partial charge in [0.25, 0.3) is 10.1 Å². The molecular formula is C11H17ClO6S. The zero-order valence-corrected chi connectivity index (χ0v) is 12.2. The molecule has 0 amide bonds. The van der Waals surface area contributed by atoms with Gasteiger partial charge >= 0.3 is 0 Å². The lowest BCUT2D eigenvalue weighted by atomic mass is 10.1. The van der Waals surface area contributed by atoms with Crippen LogP contribution in [0.5, 0.6) is 0 Å². The molecule has 0 unspecified atom stereocenters. The lowest BCUT2D eigenvalue weighted by Gasteiger charge is -2.15. The van der Waals surface area contributed by atoms with Gasteiger partial charge in [-0.2, -0.15) is 8.42 Å². The molecule has 8 heteroatoms. The molecule has 0 aliphatic rings. The van der Waals surface area contributed by atoms with Gasteiger partial charge in [-0.3, -0.25) is 4.55 Å². The van der Waals surface area contributed by atoms with Crippen LogP contribution in [-0.4, -0.2) is 44.8 Å². The highest BCUT2D eigenvalue weighted by atomic mass is 35.5. The number of ether oxygens (including phenoxy) is 2. The van der Waals surface area contributed by atoms with E-state index in [1.165, 1.54) is 7.11 Å². The smallest absolute Gasteiger partial charge is 0.261 e. The molecule has 2 N–H and O–H groups in total. The minimum Gasteiger partial charge on any atom is -0.393 e. The molecule has 6 nitrogen and oxygen atoms in total. The maximum absolute atomic E-state index is 9.19. The molecule has 1 atom stereocenters. The van der Waals surface area contributed by atoms with E-state index in [1.807, 2.05) is 12.1 Å². The van der Waals surface area contributed by atoms with E-state index < -0.39 is 10.1 Å². The van der Waals surface area contributed by atoms with Gasteiger partial charge in [0.05, 0.1) is 12.9 Å². The second kappa shape index (κ2) is 9.24. The van der Waals surface area contributed by atoms with Crippen LogP contribution in [0.1, 0.15) is 11.7 Å². The number of rotatable bonds is 5. The van der Waals surface area contributed by atoms with Crippen LogP contribution in [0.15, 0.2) is 24.3 Å². The highest BCUT2D eigenvalue weighted by Crippen LogP contribution is 2.20. The maximum atomic E-state index is 9.19. The molecule has 1 rings (SSSR count). The van der Waals surface area contributed by atoms with Crippen LogP contribution in [0.4, 0.5) is 0 Å². The summed E-state index contributed by atoms with van der Waals surface area (Å²) in [5.74, 6) is 0. The highest BCUT2D eigenvalue weighted by Gasteiger charge is 2.10. The Bertz CT molecular complexity index is 454. The first-order valence-corrected chi connectivity index (χ1v) is 7.40. The Kier molecular flexibility index (Phi) is 8.90. The Morgan fingerprint density at radius 2 is 2.00 bits per heavy atom. The summed E-state index contributed by atoms with van der Waals surface area (Å²) in [4.78, 5) is 0. The van der Waals surface area contributed by atoms with Crippen LogP contribution in [0, 0.1) is 0 Å². The Morgan fingerprint density at radius 1 is 1.42 bits per heavy atom. The Hall–Kier alpha value is -0.700. The van der Waals surface area contributed by atoms with Crippen molar-refractivity contribution in [3.63, 3.8) is 0 Å². The Labute approximate surface area is 117 Å². The van der Waals surface area contributed by atoms with Gasteiger partial charge in [0.15, 0.2) is 0 Å². The van der Waals surface area contributed by atoms with Crippen LogP contribution in [0.2, 0.25) is 5.02 Å². The van der Waals surface area contributed by atoms with E-state index in [1.54, 1.807) is 12.1 Å². The molecule has 0 radical (unpaired) electrons. The summed E-state index contributed by atoms with van der Waals surface area (Å²) in [6.07, 6.45) is 0.334. The molecule has 110 valence electrons. The highest BCUT2D eigenvalue weighted by molar-refractivity contribution is 7.85. The van der Waals surface area contributed by atoms with Crippen molar-refractivity contribution in [1.29, 1.82) is 0 Å². The predicted octanol–water partition coefficient (Wildman–Crippen LogP) is 1.50. The van der Waals surface area contributed by atoms with E-state index >= 15 is 0 Å². The van der Waals surface area contributed by atoms with Crippen molar-refractivity contribution in [2.45, 2.75) is 6.10 Å². The Morgan fingerprint density at radius 3 is 2.42 bits per heavy atom. The van der Waals surface area contributed by atoms with Crippen molar-refractivity contribution in [2.75, 3.05) is 26.8 Å². The van der Waals surface area contributed by atoms with E-state index in [0.29, 0.717) is 11.3 Å². The van der Waals surface area contributed by atoms with Crippen molar-refractivity contribution < 1.29 is 27.6 Å². The third kappa shape index (κ3) is 10.9. The molecule has 0 aromatic heterocycles. The number of aliphatic hydroxyl groups excluding tert-OH is 1. The van der Waals surface area contributed by atoms with Gasteiger partial charge in [-0.05, 0) is 17.7 Å². The van der Waals surface area contributed by atoms with Crippen molar-refractivity contribution >= 4 is 21.7 Å². The van der Waals surface area contributed by atoms with Gasteiger partial charge < -0.3 is 14.6 Å². The molecule has 0 bridgehead atoms. The number of halogens is 1. The molecule has 0 saturated heterocycles. The molecule has 0 spiro atoms. The minimum absolute atomic E-state index is 0.0935. The SMILES string of the molecule is COCO[C@@H](CO)c1cccc(Cl)c1.CS(=O)(=O)O. The Balaban J connectivity index is 0.000000555. The number of benzene rings is 1. The molecule has 1 aromatic rings. The van der Waals surface area contributed by atoms with E-state index in [2.05, 4.69) is 0 Å². The summed E-state index contributed by atoms with van der Waals surface area (Å²) in [5.41, 5.74) is 0.844. The van der Waals surface area contributed by atoms with Gasteiger partial charge in [0.1, 0.15) is 12.9 Å². The maximum Gasteiger partial charge on any atom is 0.261 e. The zero-order valence-electron chi connectivity index (χ0n) is 10.6. The fourth-order valence-corrected chi connectivity index (χ4v) is 1.31. The minimum atomic E-state index is -3.67. The van der Waals surface area contributed by atoms with Crippen molar-refractivity contribution in [3.05, 3.63) is 34.9 Å². The topological polar surface area (TPSA) is 93.1 Å². The normalized spacial score (nSPS) is 12.5. The van der Waals surface area contributed by atoms with Crippen LogP contribution < -0.4 is 0 Å². The molecule has 0 fully saturated rings. The van der Waals surface area contributed by atoms with Gasteiger partial charge in [-0.1, -0.05) is 23.7 Å². The summed E-state index contributed by atoms with van der Waals surface area (Å²) in [6.45, 7) is 0.0570. The van der Waals surface area contributed by atoms with E-state index in [4.69, 9.17) is 30.7 Å². The number of aliphatic hydroxyl groups is 1. The molecule has 0 aliphatic heterocycles. The van der Waals surface area contributed by atoms with Crippen molar-refractivity contribution in [1.82, 2.24) is 0 Å². The van der Waals surface area contributed by atoms with Crippen molar-refractivity contribution in [2.24, 2.45) is 0 Å². The van der Waals surface area contributed by atoms with E-state index in [-0.39, 0.29) is 19.5 Å². The average molecular weight is 313 g/mol.